The predicted molar refractivity (Wildman–Crippen MR) is 92.1 cm³/mol. The molecule has 0 aliphatic carbocycles. The maximum atomic E-state index is 12.3. The number of hydrogen-bond donors (Lipinski definition) is 1. The van der Waals surface area contributed by atoms with E-state index in [1.807, 2.05) is 24.9 Å². The number of carbonyl (C=O) groups excluding carboxylic acids is 1. The molecule has 7 heteroatoms. The smallest absolute Gasteiger partial charge is 0.275 e. The summed E-state index contributed by atoms with van der Waals surface area (Å²) < 4.78 is 0. The lowest BCUT2D eigenvalue weighted by molar-refractivity contribution is 0.102. The first-order chi connectivity index (χ1) is 10.9. The molecule has 1 amide bonds. The lowest BCUT2D eigenvalue weighted by atomic mass is 10.2. The molecule has 0 bridgehead atoms. The van der Waals surface area contributed by atoms with Crippen molar-refractivity contribution in [2.24, 2.45) is 5.92 Å². The molecule has 0 saturated carbocycles. The van der Waals surface area contributed by atoms with Crippen molar-refractivity contribution >= 4 is 29.0 Å². The van der Waals surface area contributed by atoms with Gasteiger partial charge in [-0.3, -0.25) is 9.78 Å². The summed E-state index contributed by atoms with van der Waals surface area (Å²) in [5, 5.41) is 2.97. The molecular weight excluding hydrogens is 314 g/mol. The first-order valence-electron chi connectivity index (χ1n) is 7.34. The molecule has 0 aliphatic heterocycles. The fraction of sp³-hybridized carbons (Fsp3) is 0.375. The van der Waals surface area contributed by atoms with Gasteiger partial charge in [0.05, 0.1) is 18.1 Å². The number of carbonyl (C=O) groups is 1. The number of aromatic nitrogens is 3. The van der Waals surface area contributed by atoms with Gasteiger partial charge in [0.2, 0.25) is 0 Å². The predicted octanol–water partition coefficient (Wildman–Crippen LogP) is 3.18. The summed E-state index contributed by atoms with van der Waals surface area (Å²) in [4.78, 5) is 26.6. The Morgan fingerprint density at radius 2 is 2.13 bits per heavy atom. The number of aryl methyl sites for hydroxylation is 1. The molecule has 2 rings (SSSR count). The van der Waals surface area contributed by atoms with E-state index < -0.39 is 0 Å². The minimum absolute atomic E-state index is 0.167. The number of nitrogens with zero attached hydrogens (tertiary/aromatic N) is 4. The molecule has 122 valence electrons. The lowest BCUT2D eigenvalue weighted by Gasteiger charge is -2.21. The first-order valence-corrected chi connectivity index (χ1v) is 7.72. The van der Waals surface area contributed by atoms with Crippen molar-refractivity contribution < 1.29 is 4.79 Å². The van der Waals surface area contributed by atoms with Crippen LogP contribution in [-0.2, 0) is 0 Å². The Kier molecular flexibility index (Phi) is 5.50. The fourth-order valence-corrected chi connectivity index (χ4v) is 2.43. The number of anilines is 2. The lowest BCUT2D eigenvalue weighted by Crippen LogP contribution is -2.25. The van der Waals surface area contributed by atoms with Gasteiger partial charge in [-0.05, 0) is 24.5 Å². The van der Waals surface area contributed by atoms with Gasteiger partial charge in [-0.25, -0.2) is 9.97 Å². The van der Waals surface area contributed by atoms with Crippen molar-refractivity contribution in [2.45, 2.75) is 20.8 Å². The molecule has 2 heterocycles. The molecule has 2 aromatic rings. The quantitative estimate of drug-likeness (QED) is 0.910. The Labute approximate surface area is 140 Å². The average molecular weight is 334 g/mol. The van der Waals surface area contributed by atoms with Gasteiger partial charge >= 0.3 is 0 Å². The van der Waals surface area contributed by atoms with E-state index in [1.165, 1.54) is 6.20 Å². The summed E-state index contributed by atoms with van der Waals surface area (Å²) in [6, 6.07) is 1.82. The zero-order valence-electron chi connectivity index (χ0n) is 13.7. The van der Waals surface area contributed by atoms with Gasteiger partial charge in [0.15, 0.2) is 11.0 Å². The number of rotatable bonds is 5. The van der Waals surface area contributed by atoms with Crippen LogP contribution in [0, 0.1) is 12.8 Å². The summed E-state index contributed by atoms with van der Waals surface area (Å²) in [5.41, 5.74) is 1.72. The van der Waals surface area contributed by atoms with Crippen LogP contribution >= 0.6 is 11.6 Å². The zero-order valence-corrected chi connectivity index (χ0v) is 14.4. The van der Waals surface area contributed by atoms with Gasteiger partial charge in [0.25, 0.3) is 5.91 Å². The van der Waals surface area contributed by atoms with Gasteiger partial charge in [-0.15, -0.1) is 0 Å². The molecular formula is C16H20ClN5O. The van der Waals surface area contributed by atoms with Crippen LogP contribution in [0.1, 0.15) is 29.9 Å². The molecule has 0 aliphatic rings. The molecule has 0 atom stereocenters. The maximum Gasteiger partial charge on any atom is 0.275 e. The van der Waals surface area contributed by atoms with E-state index in [-0.39, 0.29) is 16.8 Å². The number of halogens is 1. The Morgan fingerprint density at radius 3 is 2.74 bits per heavy atom. The molecule has 0 saturated heterocycles. The van der Waals surface area contributed by atoms with Crippen molar-refractivity contribution in [1.82, 2.24) is 15.0 Å². The van der Waals surface area contributed by atoms with Gasteiger partial charge < -0.3 is 10.2 Å². The largest absolute Gasteiger partial charge is 0.357 e. The number of pyridine rings is 1. The number of amides is 1. The van der Waals surface area contributed by atoms with E-state index in [2.05, 4.69) is 34.1 Å². The van der Waals surface area contributed by atoms with Crippen LogP contribution < -0.4 is 10.2 Å². The molecule has 2 aromatic heterocycles. The number of nitrogens with one attached hydrogen (secondary N) is 1. The molecule has 0 unspecified atom stereocenters. The SMILES string of the molecule is Cc1ccncc1NC(=O)c1cnc(N(C)CC(C)C)c(Cl)n1. The van der Waals surface area contributed by atoms with E-state index >= 15 is 0 Å². The third-order valence-corrected chi connectivity index (χ3v) is 3.49. The highest BCUT2D eigenvalue weighted by Gasteiger charge is 2.15. The van der Waals surface area contributed by atoms with Crippen molar-refractivity contribution in [1.29, 1.82) is 0 Å². The second-order valence-corrected chi connectivity index (χ2v) is 6.15. The topological polar surface area (TPSA) is 71.0 Å². The third-order valence-electron chi connectivity index (χ3n) is 3.23. The molecule has 1 N–H and O–H groups in total. The van der Waals surface area contributed by atoms with Gasteiger partial charge in [-0.2, -0.15) is 0 Å². The van der Waals surface area contributed by atoms with Crippen LogP contribution in [0.2, 0.25) is 5.15 Å². The normalized spacial score (nSPS) is 10.7. The van der Waals surface area contributed by atoms with Crippen LogP contribution in [0.4, 0.5) is 11.5 Å². The molecule has 23 heavy (non-hydrogen) atoms. The third kappa shape index (κ3) is 4.39. The average Bonchev–Trinajstić information content (AvgIpc) is 2.48. The van der Waals surface area contributed by atoms with Gasteiger partial charge in [0, 0.05) is 19.8 Å². The zero-order chi connectivity index (χ0) is 17.0. The Morgan fingerprint density at radius 1 is 1.39 bits per heavy atom. The molecule has 0 radical (unpaired) electrons. The molecule has 0 spiro atoms. The van der Waals surface area contributed by atoms with E-state index in [4.69, 9.17) is 11.6 Å². The summed E-state index contributed by atoms with van der Waals surface area (Å²) in [6.45, 7) is 6.90. The summed E-state index contributed by atoms with van der Waals surface area (Å²) in [6.07, 6.45) is 4.69. The Hall–Kier alpha value is -2.21. The highest BCUT2D eigenvalue weighted by Crippen LogP contribution is 2.21. The summed E-state index contributed by atoms with van der Waals surface area (Å²) in [5.74, 6) is 0.664. The van der Waals surface area contributed by atoms with E-state index in [0.29, 0.717) is 17.4 Å². The van der Waals surface area contributed by atoms with Crippen LogP contribution in [0.3, 0.4) is 0 Å². The number of hydrogen-bond acceptors (Lipinski definition) is 5. The monoisotopic (exact) mass is 333 g/mol. The minimum Gasteiger partial charge on any atom is -0.357 e. The summed E-state index contributed by atoms with van der Waals surface area (Å²) in [7, 11) is 1.90. The molecule has 6 nitrogen and oxygen atoms in total. The van der Waals surface area contributed by atoms with Crippen molar-refractivity contribution in [3.8, 4) is 0 Å². The highest BCUT2D eigenvalue weighted by atomic mass is 35.5. The van der Waals surface area contributed by atoms with Crippen LogP contribution in [0.25, 0.3) is 0 Å². The van der Waals surface area contributed by atoms with E-state index in [1.54, 1.807) is 12.4 Å². The van der Waals surface area contributed by atoms with Crippen LogP contribution in [-0.4, -0.2) is 34.5 Å². The van der Waals surface area contributed by atoms with E-state index in [0.717, 1.165) is 12.1 Å². The maximum absolute atomic E-state index is 12.3. The van der Waals surface area contributed by atoms with Gasteiger partial charge in [0.1, 0.15) is 5.69 Å². The molecule has 0 aromatic carbocycles. The van der Waals surface area contributed by atoms with Crippen molar-refractivity contribution in [3.63, 3.8) is 0 Å². The second kappa shape index (κ2) is 7.37. The van der Waals surface area contributed by atoms with Crippen LogP contribution in [0.5, 0.6) is 0 Å². The van der Waals surface area contributed by atoms with E-state index in [9.17, 15) is 4.79 Å². The van der Waals surface area contributed by atoms with Crippen LogP contribution in [0.15, 0.2) is 24.7 Å². The Bertz CT molecular complexity index is 705. The second-order valence-electron chi connectivity index (χ2n) is 5.79. The Balaban J connectivity index is 2.16. The highest BCUT2D eigenvalue weighted by molar-refractivity contribution is 6.31. The fourth-order valence-electron chi connectivity index (χ4n) is 2.14. The first kappa shape index (κ1) is 17.1. The van der Waals surface area contributed by atoms with Crippen molar-refractivity contribution in [3.05, 3.63) is 41.1 Å². The van der Waals surface area contributed by atoms with Crippen molar-refractivity contribution in [2.75, 3.05) is 23.8 Å². The standard InChI is InChI=1S/C16H20ClN5O/c1-10(2)9-22(4)15-14(17)20-13(8-19-15)16(23)21-12-7-18-6-5-11(12)3/h5-8,10H,9H2,1-4H3,(H,21,23). The molecule has 0 fully saturated rings. The van der Waals surface area contributed by atoms with Gasteiger partial charge in [-0.1, -0.05) is 25.4 Å². The summed E-state index contributed by atoms with van der Waals surface area (Å²) >= 11 is 6.18. The minimum atomic E-state index is -0.367.